The lowest BCUT2D eigenvalue weighted by Gasteiger charge is -2.21. The van der Waals surface area contributed by atoms with Crippen LogP contribution in [0.4, 0.5) is 5.82 Å². The van der Waals surface area contributed by atoms with Crippen LogP contribution in [0.5, 0.6) is 0 Å². The van der Waals surface area contributed by atoms with E-state index in [1.807, 2.05) is 0 Å². The molecule has 1 aromatic rings. The van der Waals surface area contributed by atoms with Crippen LogP contribution in [-0.4, -0.2) is 29.0 Å². The lowest BCUT2D eigenvalue weighted by atomic mass is 9.99. The average molecular weight is 206 g/mol. The van der Waals surface area contributed by atoms with Crippen LogP contribution in [0.3, 0.4) is 0 Å². The van der Waals surface area contributed by atoms with Gasteiger partial charge in [0.05, 0.1) is 12.1 Å². The molecule has 0 radical (unpaired) electrons. The van der Waals surface area contributed by atoms with Crippen LogP contribution in [0.25, 0.3) is 0 Å². The van der Waals surface area contributed by atoms with E-state index < -0.39 is 0 Å². The highest BCUT2D eigenvalue weighted by Crippen LogP contribution is 2.12. The number of hydrogen-bond donors (Lipinski definition) is 2. The van der Waals surface area contributed by atoms with E-state index in [1.165, 1.54) is 0 Å². The van der Waals surface area contributed by atoms with Crippen molar-refractivity contribution in [3.63, 3.8) is 0 Å². The van der Waals surface area contributed by atoms with Crippen molar-refractivity contribution in [3.8, 4) is 0 Å². The minimum atomic E-state index is 0.0303. The fourth-order valence-corrected chi connectivity index (χ4v) is 1.67. The van der Waals surface area contributed by atoms with E-state index in [4.69, 9.17) is 0 Å². The van der Waals surface area contributed by atoms with E-state index in [0.717, 1.165) is 25.9 Å². The number of carbonyl (C=O) groups excluding carboxylic acids is 1. The summed E-state index contributed by atoms with van der Waals surface area (Å²) >= 11 is 0. The molecule has 0 spiro atoms. The molecule has 1 fully saturated rings. The van der Waals surface area contributed by atoms with Crippen molar-refractivity contribution in [2.45, 2.75) is 12.8 Å². The molecule has 1 saturated heterocycles. The van der Waals surface area contributed by atoms with E-state index in [-0.39, 0.29) is 11.8 Å². The molecule has 80 valence electrons. The van der Waals surface area contributed by atoms with Crippen molar-refractivity contribution in [2.24, 2.45) is 5.92 Å². The summed E-state index contributed by atoms with van der Waals surface area (Å²) in [6, 6.07) is 0. The summed E-state index contributed by atoms with van der Waals surface area (Å²) < 4.78 is 0. The molecule has 0 aromatic carbocycles. The van der Waals surface area contributed by atoms with Gasteiger partial charge in [0.1, 0.15) is 0 Å². The zero-order valence-electron chi connectivity index (χ0n) is 8.44. The van der Waals surface area contributed by atoms with Gasteiger partial charge in [0.2, 0.25) is 5.91 Å². The van der Waals surface area contributed by atoms with E-state index in [1.54, 1.807) is 18.6 Å². The van der Waals surface area contributed by atoms with Crippen LogP contribution in [-0.2, 0) is 4.79 Å². The van der Waals surface area contributed by atoms with E-state index in [9.17, 15) is 4.79 Å². The van der Waals surface area contributed by atoms with Crippen LogP contribution in [0, 0.1) is 5.92 Å². The van der Waals surface area contributed by atoms with Crippen LogP contribution >= 0.6 is 0 Å². The molecule has 15 heavy (non-hydrogen) atoms. The molecule has 2 N–H and O–H groups in total. The Bertz CT molecular complexity index is 321. The molecular formula is C10H14N4O. The zero-order chi connectivity index (χ0) is 10.5. The van der Waals surface area contributed by atoms with E-state index in [2.05, 4.69) is 20.6 Å². The van der Waals surface area contributed by atoms with Gasteiger partial charge in [-0.05, 0) is 19.4 Å². The molecule has 0 saturated carbocycles. The zero-order valence-corrected chi connectivity index (χ0v) is 8.44. The maximum absolute atomic E-state index is 11.7. The van der Waals surface area contributed by atoms with Crippen molar-refractivity contribution < 1.29 is 4.79 Å². The van der Waals surface area contributed by atoms with Crippen molar-refractivity contribution in [1.29, 1.82) is 0 Å². The Morgan fingerprint density at radius 2 is 2.47 bits per heavy atom. The molecule has 0 unspecified atom stereocenters. The average Bonchev–Trinajstić information content (AvgIpc) is 2.31. The number of nitrogens with one attached hydrogen (secondary N) is 2. The molecule has 1 aliphatic rings. The fraction of sp³-hybridized carbons (Fsp3) is 0.500. The van der Waals surface area contributed by atoms with E-state index in [0.29, 0.717) is 5.82 Å². The standard InChI is InChI=1S/C10H14N4O/c15-10(8-2-1-3-11-6-8)14-9-7-12-4-5-13-9/h4-5,7-8,11H,1-3,6H2,(H,13,14,15)/t8-/m0/s1. The van der Waals surface area contributed by atoms with Gasteiger partial charge in [-0.3, -0.25) is 9.78 Å². The first-order valence-corrected chi connectivity index (χ1v) is 5.14. The number of amides is 1. The third-order valence-electron chi connectivity index (χ3n) is 2.48. The van der Waals surface area contributed by atoms with Crippen molar-refractivity contribution >= 4 is 11.7 Å². The van der Waals surface area contributed by atoms with Crippen LogP contribution in [0.1, 0.15) is 12.8 Å². The van der Waals surface area contributed by atoms with Crippen molar-refractivity contribution in [3.05, 3.63) is 18.6 Å². The molecule has 1 atom stereocenters. The second-order valence-corrected chi connectivity index (χ2v) is 3.62. The highest BCUT2D eigenvalue weighted by Gasteiger charge is 2.20. The summed E-state index contributed by atoms with van der Waals surface area (Å²) in [5, 5.41) is 5.96. The normalized spacial score (nSPS) is 20.9. The Kier molecular flexibility index (Phi) is 3.24. The van der Waals surface area contributed by atoms with Crippen LogP contribution in [0.15, 0.2) is 18.6 Å². The van der Waals surface area contributed by atoms with Gasteiger partial charge in [0, 0.05) is 18.9 Å². The SMILES string of the molecule is O=C(Nc1cnccn1)[C@H]1CCCNC1. The predicted octanol–water partition coefficient (Wildman–Crippen LogP) is 0.415. The summed E-state index contributed by atoms with van der Waals surface area (Å²) in [7, 11) is 0. The minimum Gasteiger partial charge on any atom is -0.316 e. The number of piperidine rings is 1. The van der Waals surface area contributed by atoms with Gasteiger partial charge >= 0.3 is 0 Å². The van der Waals surface area contributed by atoms with Gasteiger partial charge in [0.25, 0.3) is 0 Å². The second kappa shape index (κ2) is 4.84. The summed E-state index contributed by atoms with van der Waals surface area (Å²) in [6.45, 7) is 1.76. The van der Waals surface area contributed by atoms with Crippen molar-refractivity contribution in [1.82, 2.24) is 15.3 Å². The predicted molar refractivity (Wildman–Crippen MR) is 56.3 cm³/mol. The summed E-state index contributed by atoms with van der Waals surface area (Å²) in [4.78, 5) is 19.6. The van der Waals surface area contributed by atoms with E-state index >= 15 is 0 Å². The van der Waals surface area contributed by atoms with Gasteiger partial charge in [-0.2, -0.15) is 0 Å². The quantitative estimate of drug-likeness (QED) is 0.735. The molecular weight excluding hydrogens is 192 g/mol. The summed E-state index contributed by atoms with van der Waals surface area (Å²) in [6.07, 6.45) is 6.69. The molecule has 1 aromatic heterocycles. The first-order chi connectivity index (χ1) is 7.36. The van der Waals surface area contributed by atoms with Crippen molar-refractivity contribution in [2.75, 3.05) is 18.4 Å². The maximum Gasteiger partial charge on any atom is 0.229 e. The molecule has 5 heteroatoms. The Labute approximate surface area is 88.3 Å². The molecule has 5 nitrogen and oxygen atoms in total. The molecule has 2 heterocycles. The number of nitrogens with zero attached hydrogens (tertiary/aromatic N) is 2. The number of hydrogen-bond acceptors (Lipinski definition) is 4. The third kappa shape index (κ3) is 2.73. The number of carbonyl (C=O) groups is 1. The number of aromatic nitrogens is 2. The molecule has 0 bridgehead atoms. The largest absolute Gasteiger partial charge is 0.316 e. The third-order valence-corrected chi connectivity index (χ3v) is 2.48. The highest BCUT2D eigenvalue weighted by atomic mass is 16.2. The second-order valence-electron chi connectivity index (χ2n) is 3.62. The topological polar surface area (TPSA) is 66.9 Å². The maximum atomic E-state index is 11.7. The Balaban J connectivity index is 1.91. The van der Waals surface area contributed by atoms with Gasteiger partial charge in [-0.15, -0.1) is 0 Å². The number of anilines is 1. The Morgan fingerprint density at radius 3 is 3.13 bits per heavy atom. The Morgan fingerprint density at radius 1 is 1.53 bits per heavy atom. The monoisotopic (exact) mass is 206 g/mol. The van der Waals surface area contributed by atoms with Crippen LogP contribution in [0.2, 0.25) is 0 Å². The summed E-state index contributed by atoms with van der Waals surface area (Å²) in [5.41, 5.74) is 0. The van der Waals surface area contributed by atoms with Gasteiger partial charge < -0.3 is 10.6 Å². The minimum absolute atomic E-state index is 0.0303. The number of rotatable bonds is 2. The molecule has 1 aliphatic heterocycles. The summed E-state index contributed by atoms with van der Waals surface area (Å²) in [5.74, 6) is 0.608. The van der Waals surface area contributed by atoms with Crippen LogP contribution < -0.4 is 10.6 Å². The lowest BCUT2D eigenvalue weighted by Crippen LogP contribution is -2.37. The first-order valence-electron chi connectivity index (χ1n) is 5.14. The molecule has 1 amide bonds. The lowest BCUT2D eigenvalue weighted by molar-refractivity contribution is -0.120. The fourth-order valence-electron chi connectivity index (χ4n) is 1.67. The molecule has 0 aliphatic carbocycles. The first kappa shape index (κ1) is 10.0. The Hall–Kier alpha value is -1.49. The van der Waals surface area contributed by atoms with Gasteiger partial charge in [-0.1, -0.05) is 0 Å². The molecule has 2 rings (SSSR count). The highest BCUT2D eigenvalue weighted by molar-refractivity contribution is 5.91. The van der Waals surface area contributed by atoms with Gasteiger partial charge in [0.15, 0.2) is 5.82 Å². The smallest absolute Gasteiger partial charge is 0.229 e. The van der Waals surface area contributed by atoms with Gasteiger partial charge in [-0.25, -0.2) is 4.98 Å².